The van der Waals surface area contributed by atoms with Crippen LogP contribution in [0.1, 0.15) is 51.0 Å². The zero-order valence-electron chi connectivity index (χ0n) is 14.0. The van der Waals surface area contributed by atoms with Crippen LogP contribution in [0.4, 0.5) is 0 Å². The summed E-state index contributed by atoms with van der Waals surface area (Å²) in [5, 5.41) is 3.85. The highest BCUT2D eigenvalue weighted by Crippen LogP contribution is 2.61. The summed E-state index contributed by atoms with van der Waals surface area (Å²) in [6.07, 6.45) is 8.97. The van der Waals surface area contributed by atoms with Crippen LogP contribution in [0.2, 0.25) is 0 Å². The Morgan fingerprint density at radius 1 is 1.04 bits per heavy atom. The van der Waals surface area contributed by atoms with E-state index in [0.717, 1.165) is 35.8 Å². The lowest BCUT2D eigenvalue weighted by atomic mass is 9.48. The quantitative estimate of drug-likeness (QED) is 0.907. The van der Waals surface area contributed by atoms with E-state index in [1.807, 2.05) is 6.07 Å². The van der Waals surface area contributed by atoms with Crippen molar-refractivity contribution >= 4 is 0 Å². The summed E-state index contributed by atoms with van der Waals surface area (Å²) in [6.45, 7) is 3.72. The molecule has 6 rings (SSSR count). The third-order valence-electron chi connectivity index (χ3n) is 7.05. The van der Waals surface area contributed by atoms with Gasteiger partial charge in [-0.3, -0.25) is 0 Å². The van der Waals surface area contributed by atoms with E-state index in [2.05, 4.69) is 24.4 Å². The Balaban J connectivity index is 1.28. The van der Waals surface area contributed by atoms with Gasteiger partial charge in [-0.2, -0.15) is 0 Å². The fourth-order valence-electron chi connectivity index (χ4n) is 6.25. The average molecular weight is 313 g/mol. The van der Waals surface area contributed by atoms with Crippen LogP contribution in [0, 0.1) is 23.2 Å². The first-order chi connectivity index (χ1) is 11.2. The van der Waals surface area contributed by atoms with Crippen molar-refractivity contribution < 1.29 is 9.47 Å². The van der Waals surface area contributed by atoms with Crippen LogP contribution in [0.3, 0.4) is 0 Å². The molecule has 0 amide bonds. The van der Waals surface area contributed by atoms with Crippen molar-refractivity contribution in [1.82, 2.24) is 5.32 Å². The maximum atomic E-state index is 5.50. The minimum absolute atomic E-state index is 0.357. The van der Waals surface area contributed by atoms with Crippen molar-refractivity contribution in [2.24, 2.45) is 23.2 Å². The molecular formula is C20H27NO2. The molecule has 124 valence electrons. The van der Waals surface area contributed by atoms with Gasteiger partial charge in [-0.25, -0.2) is 0 Å². The second-order valence-electron chi connectivity index (χ2n) is 8.57. The van der Waals surface area contributed by atoms with Crippen LogP contribution in [0.5, 0.6) is 11.5 Å². The molecule has 0 radical (unpaired) electrons. The number of nitrogens with one attached hydrogen (secondary N) is 1. The fraction of sp³-hybridized carbons (Fsp3) is 0.700. The van der Waals surface area contributed by atoms with Crippen LogP contribution < -0.4 is 14.8 Å². The van der Waals surface area contributed by atoms with E-state index < -0.39 is 0 Å². The number of hydrogen-bond acceptors (Lipinski definition) is 3. The van der Waals surface area contributed by atoms with E-state index in [1.165, 1.54) is 44.1 Å². The lowest BCUT2D eigenvalue weighted by Crippen LogP contribution is -2.54. The Bertz CT molecular complexity index is 576. The van der Waals surface area contributed by atoms with E-state index in [-0.39, 0.29) is 0 Å². The molecule has 1 aliphatic heterocycles. The monoisotopic (exact) mass is 313 g/mol. The summed E-state index contributed by atoms with van der Waals surface area (Å²) in [5.74, 6) is 4.85. The molecule has 0 aromatic heterocycles. The molecule has 4 fully saturated rings. The van der Waals surface area contributed by atoms with E-state index in [0.29, 0.717) is 18.2 Å². The van der Waals surface area contributed by atoms with Gasteiger partial charge in [0, 0.05) is 12.6 Å². The van der Waals surface area contributed by atoms with Crippen LogP contribution in [0.15, 0.2) is 18.2 Å². The molecule has 4 bridgehead atoms. The summed E-state index contributed by atoms with van der Waals surface area (Å²) in [7, 11) is 0. The standard InChI is InChI=1S/C20H27NO2/c1-13(20-8-15-4-16(9-20)6-17(5-15)10-20)21-11-14-2-3-18-19(7-14)23-12-22-18/h2-3,7,13,15-17,21H,4-6,8-12H2,1H3. The van der Waals surface area contributed by atoms with E-state index >= 15 is 0 Å². The highest BCUT2D eigenvalue weighted by molar-refractivity contribution is 5.44. The van der Waals surface area contributed by atoms with Gasteiger partial charge in [-0.15, -0.1) is 0 Å². The SMILES string of the molecule is CC(NCc1ccc2c(c1)OCO2)C12CC3CC(CC(C3)C1)C2. The Morgan fingerprint density at radius 3 is 2.39 bits per heavy atom. The Hall–Kier alpha value is -1.22. The molecule has 1 heterocycles. The molecule has 4 saturated carbocycles. The molecule has 0 saturated heterocycles. The molecule has 3 heteroatoms. The molecular weight excluding hydrogens is 286 g/mol. The van der Waals surface area contributed by atoms with Gasteiger partial charge in [0.1, 0.15) is 0 Å². The maximum absolute atomic E-state index is 5.50. The molecule has 0 spiro atoms. The predicted molar refractivity (Wildman–Crippen MR) is 89.5 cm³/mol. The topological polar surface area (TPSA) is 30.5 Å². The summed E-state index contributed by atoms with van der Waals surface area (Å²) in [4.78, 5) is 0. The van der Waals surface area contributed by atoms with Gasteiger partial charge >= 0.3 is 0 Å². The van der Waals surface area contributed by atoms with Gasteiger partial charge < -0.3 is 14.8 Å². The van der Waals surface area contributed by atoms with Gasteiger partial charge in [-0.1, -0.05) is 6.07 Å². The first kappa shape index (κ1) is 14.2. The van der Waals surface area contributed by atoms with E-state index in [4.69, 9.17) is 9.47 Å². The average Bonchev–Trinajstić information content (AvgIpc) is 2.99. The lowest BCUT2D eigenvalue weighted by Gasteiger charge is -2.59. The minimum Gasteiger partial charge on any atom is -0.454 e. The molecule has 3 nitrogen and oxygen atoms in total. The molecule has 1 N–H and O–H groups in total. The van der Waals surface area contributed by atoms with Gasteiger partial charge in [0.25, 0.3) is 0 Å². The Kier molecular flexibility index (Phi) is 3.16. The van der Waals surface area contributed by atoms with Crippen LogP contribution in [-0.4, -0.2) is 12.8 Å². The highest BCUT2D eigenvalue weighted by Gasteiger charge is 2.52. The second kappa shape index (κ2) is 5.14. The van der Waals surface area contributed by atoms with Crippen molar-refractivity contribution in [3.8, 4) is 11.5 Å². The maximum Gasteiger partial charge on any atom is 0.231 e. The summed E-state index contributed by atoms with van der Waals surface area (Å²) >= 11 is 0. The van der Waals surface area contributed by atoms with Crippen molar-refractivity contribution in [2.75, 3.05) is 6.79 Å². The van der Waals surface area contributed by atoms with Gasteiger partial charge in [0.05, 0.1) is 0 Å². The van der Waals surface area contributed by atoms with Crippen molar-refractivity contribution in [3.05, 3.63) is 23.8 Å². The molecule has 1 unspecified atom stereocenters. The third kappa shape index (κ3) is 2.36. The summed E-state index contributed by atoms with van der Waals surface area (Å²) in [5.41, 5.74) is 1.87. The Labute approximate surface area is 138 Å². The zero-order chi connectivity index (χ0) is 15.4. The number of fused-ring (bicyclic) bond motifs is 1. The third-order valence-corrected chi connectivity index (χ3v) is 7.05. The number of ether oxygens (including phenoxy) is 2. The Morgan fingerprint density at radius 2 is 1.70 bits per heavy atom. The van der Waals surface area contributed by atoms with Gasteiger partial charge in [-0.05, 0) is 86.3 Å². The molecule has 1 atom stereocenters. The fourth-order valence-corrected chi connectivity index (χ4v) is 6.25. The lowest BCUT2D eigenvalue weighted by molar-refractivity contribution is -0.0706. The summed E-state index contributed by atoms with van der Waals surface area (Å²) < 4.78 is 10.9. The molecule has 5 aliphatic rings. The van der Waals surface area contributed by atoms with E-state index in [9.17, 15) is 0 Å². The van der Waals surface area contributed by atoms with Gasteiger partial charge in [0.2, 0.25) is 6.79 Å². The highest BCUT2D eigenvalue weighted by atomic mass is 16.7. The minimum atomic E-state index is 0.357. The number of rotatable bonds is 4. The summed E-state index contributed by atoms with van der Waals surface area (Å²) in [6, 6.07) is 6.94. The second-order valence-corrected chi connectivity index (χ2v) is 8.57. The van der Waals surface area contributed by atoms with Crippen LogP contribution in [0.25, 0.3) is 0 Å². The van der Waals surface area contributed by atoms with Crippen molar-refractivity contribution in [2.45, 2.75) is 58.0 Å². The van der Waals surface area contributed by atoms with Crippen LogP contribution >= 0.6 is 0 Å². The zero-order valence-corrected chi connectivity index (χ0v) is 14.0. The van der Waals surface area contributed by atoms with Crippen molar-refractivity contribution in [3.63, 3.8) is 0 Å². The predicted octanol–water partition coefficient (Wildman–Crippen LogP) is 4.11. The molecule has 23 heavy (non-hydrogen) atoms. The van der Waals surface area contributed by atoms with Crippen LogP contribution in [-0.2, 0) is 6.54 Å². The number of hydrogen-bond donors (Lipinski definition) is 1. The number of benzene rings is 1. The first-order valence-corrected chi connectivity index (χ1v) is 9.32. The molecule has 1 aromatic rings. The molecule has 1 aromatic carbocycles. The first-order valence-electron chi connectivity index (χ1n) is 9.32. The largest absolute Gasteiger partial charge is 0.454 e. The molecule has 4 aliphatic carbocycles. The van der Waals surface area contributed by atoms with E-state index in [1.54, 1.807) is 0 Å². The van der Waals surface area contributed by atoms with Crippen molar-refractivity contribution in [1.29, 1.82) is 0 Å². The normalized spacial score (nSPS) is 38.0. The van der Waals surface area contributed by atoms with Gasteiger partial charge in [0.15, 0.2) is 11.5 Å². The smallest absolute Gasteiger partial charge is 0.231 e.